The van der Waals surface area contributed by atoms with Crippen LogP contribution < -0.4 is 10.9 Å². The van der Waals surface area contributed by atoms with E-state index in [1.807, 2.05) is 29.7 Å². The fourth-order valence-corrected chi connectivity index (χ4v) is 3.79. The van der Waals surface area contributed by atoms with Gasteiger partial charge in [0.15, 0.2) is 5.11 Å². The monoisotopic (exact) mass is 387 g/mol. The number of hydrogen-bond donors (Lipinski definition) is 2. The van der Waals surface area contributed by atoms with Crippen LogP contribution in [0.5, 0.6) is 0 Å². The second kappa shape index (κ2) is 8.47. The minimum Gasteiger partial charge on any atom is -0.348 e. The van der Waals surface area contributed by atoms with Crippen molar-refractivity contribution in [1.29, 1.82) is 0 Å². The number of fused-ring (bicyclic) bond motifs is 1. The van der Waals surface area contributed by atoms with Crippen LogP contribution in [0.3, 0.4) is 0 Å². The first kappa shape index (κ1) is 19.3. The summed E-state index contributed by atoms with van der Waals surface area (Å²) in [5.41, 5.74) is 1.19. The first-order valence-corrected chi connectivity index (χ1v) is 9.76. The molecule has 8 heteroatoms. The van der Waals surface area contributed by atoms with Crippen LogP contribution in [0.4, 0.5) is 5.69 Å². The number of aromatic amines is 1. The van der Waals surface area contributed by atoms with E-state index in [1.54, 1.807) is 12.1 Å². The van der Waals surface area contributed by atoms with Crippen LogP contribution in [0.1, 0.15) is 26.7 Å². The summed E-state index contributed by atoms with van der Waals surface area (Å²) in [4.78, 5) is 35.3. The first-order chi connectivity index (χ1) is 13.0. The number of hydrogen-bond acceptors (Lipinski definition) is 4. The molecule has 1 saturated heterocycles. The summed E-state index contributed by atoms with van der Waals surface area (Å²) in [6, 6.07) is 5.39. The number of nitrogens with one attached hydrogen (secondary N) is 2. The van der Waals surface area contributed by atoms with Crippen LogP contribution in [0.2, 0.25) is 0 Å². The van der Waals surface area contributed by atoms with Crippen LogP contribution in [0.15, 0.2) is 29.3 Å². The van der Waals surface area contributed by atoms with Crippen molar-refractivity contribution in [2.75, 3.05) is 31.5 Å². The molecule has 27 heavy (non-hydrogen) atoms. The van der Waals surface area contributed by atoms with Gasteiger partial charge in [-0.25, -0.2) is 4.98 Å². The molecule has 1 aromatic carbocycles. The number of anilines is 1. The van der Waals surface area contributed by atoms with Crippen molar-refractivity contribution in [2.24, 2.45) is 5.92 Å². The van der Waals surface area contributed by atoms with E-state index in [0.29, 0.717) is 22.6 Å². The summed E-state index contributed by atoms with van der Waals surface area (Å²) in [5.74, 6) is 0.179. The van der Waals surface area contributed by atoms with Crippen molar-refractivity contribution in [3.05, 3.63) is 34.9 Å². The quantitative estimate of drug-likeness (QED) is 0.783. The van der Waals surface area contributed by atoms with Gasteiger partial charge in [-0.05, 0) is 57.1 Å². The van der Waals surface area contributed by atoms with E-state index >= 15 is 0 Å². The van der Waals surface area contributed by atoms with Crippen LogP contribution in [0.25, 0.3) is 10.9 Å². The summed E-state index contributed by atoms with van der Waals surface area (Å²) >= 11 is 5.56. The van der Waals surface area contributed by atoms with Crippen molar-refractivity contribution >= 4 is 39.8 Å². The molecule has 144 valence electrons. The third kappa shape index (κ3) is 4.27. The Kier molecular flexibility index (Phi) is 6.05. The molecule has 1 amide bonds. The van der Waals surface area contributed by atoms with Gasteiger partial charge in [0, 0.05) is 31.9 Å². The van der Waals surface area contributed by atoms with Gasteiger partial charge in [-0.3, -0.25) is 9.59 Å². The number of aromatic nitrogens is 2. The summed E-state index contributed by atoms with van der Waals surface area (Å²) in [7, 11) is 0. The van der Waals surface area contributed by atoms with E-state index in [4.69, 9.17) is 12.2 Å². The van der Waals surface area contributed by atoms with Gasteiger partial charge in [-0.15, -0.1) is 0 Å². The molecular weight excluding hydrogens is 362 g/mol. The Balaban J connectivity index is 1.69. The van der Waals surface area contributed by atoms with Crippen LogP contribution >= 0.6 is 12.2 Å². The van der Waals surface area contributed by atoms with Gasteiger partial charge in [-0.2, -0.15) is 0 Å². The Morgan fingerprint density at radius 1 is 1.41 bits per heavy atom. The van der Waals surface area contributed by atoms with Crippen molar-refractivity contribution in [3.63, 3.8) is 0 Å². The van der Waals surface area contributed by atoms with Gasteiger partial charge in [0.2, 0.25) is 5.91 Å². The Hall–Kier alpha value is -2.48. The third-order valence-corrected chi connectivity index (χ3v) is 5.38. The zero-order valence-corrected chi connectivity index (χ0v) is 16.5. The molecule has 1 fully saturated rings. The van der Waals surface area contributed by atoms with E-state index < -0.39 is 0 Å². The predicted octanol–water partition coefficient (Wildman–Crippen LogP) is 2.20. The highest BCUT2D eigenvalue weighted by Gasteiger charge is 2.29. The molecule has 0 radical (unpaired) electrons. The molecule has 3 rings (SSSR count). The fourth-order valence-electron chi connectivity index (χ4n) is 3.51. The molecule has 2 heterocycles. The number of thiocarbonyl (C=S) groups is 1. The second-order valence-electron chi connectivity index (χ2n) is 6.69. The summed E-state index contributed by atoms with van der Waals surface area (Å²) < 4.78 is 0. The lowest BCUT2D eigenvalue weighted by Crippen LogP contribution is -2.47. The molecule has 1 atom stereocenters. The molecule has 2 aromatic rings. The van der Waals surface area contributed by atoms with Crippen LogP contribution in [0, 0.1) is 5.92 Å². The lowest BCUT2D eigenvalue weighted by atomic mass is 9.96. The van der Waals surface area contributed by atoms with Crippen molar-refractivity contribution in [3.8, 4) is 0 Å². The standard InChI is InChI=1S/C19H25N5O2S/c1-3-23(4-2)18(26)13-6-5-9-24(11-13)19(27)22-14-7-8-16-15(10-14)17(25)21-12-20-16/h7-8,10,12-13H,3-6,9,11H2,1-2H3,(H,22,27)(H,20,21,25)/t13-/m1/s1. The van der Waals surface area contributed by atoms with E-state index in [0.717, 1.165) is 38.2 Å². The Labute approximate surface area is 163 Å². The zero-order valence-electron chi connectivity index (χ0n) is 15.7. The summed E-state index contributed by atoms with van der Waals surface area (Å²) in [5, 5.41) is 4.29. The highest BCUT2D eigenvalue weighted by molar-refractivity contribution is 7.80. The number of nitrogens with zero attached hydrogens (tertiary/aromatic N) is 3. The highest BCUT2D eigenvalue weighted by Crippen LogP contribution is 2.21. The lowest BCUT2D eigenvalue weighted by Gasteiger charge is -2.36. The smallest absolute Gasteiger partial charge is 0.258 e. The number of rotatable bonds is 4. The van der Waals surface area contributed by atoms with Gasteiger partial charge in [-0.1, -0.05) is 0 Å². The predicted molar refractivity (Wildman–Crippen MR) is 111 cm³/mol. The molecule has 0 unspecified atom stereocenters. The van der Waals surface area contributed by atoms with E-state index in [2.05, 4.69) is 15.3 Å². The summed E-state index contributed by atoms with van der Waals surface area (Å²) in [6.07, 6.45) is 3.22. The number of carbonyl (C=O) groups excluding carboxylic acids is 1. The highest BCUT2D eigenvalue weighted by atomic mass is 32.1. The SMILES string of the molecule is CCN(CC)C(=O)[C@@H]1CCCN(C(=S)Nc2ccc3nc[nH]c(=O)c3c2)C1. The van der Waals surface area contributed by atoms with E-state index in [9.17, 15) is 9.59 Å². The largest absolute Gasteiger partial charge is 0.348 e. The Morgan fingerprint density at radius 2 is 2.19 bits per heavy atom. The minimum atomic E-state index is -0.183. The molecule has 0 bridgehead atoms. The molecular formula is C19H25N5O2S. The van der Waals surface area contributed by atoms with Gasteiger partial charge < -0.3 is 20.1 Å². The van der Waals surface area contributed by atoms with Crippen molar-refractivity contribution in [2.45, 2.75) is 26.7 Å². The number of benzene rings is 1. The van der Waals surface area contributed by atoms with E-state index in [-0.39, 0.29) is 17.4 Å². The average Bonchev–Trinajstić information content (AvgIpc) is 2.69. The zero-order chi connectivity index (χ0) is 19.4. The molecule has 1 aliphatic rings. The molecule has 0 saturated carbocycles. The molecule has 1 aromatic heterocycles. The maximum atomic E-state index is 12.7. The molecule has 2 N–H and O–H groups in total. The van der Waals surface area contributed by atoms with E-state index in [1.165, 1.54) is 6.33 Å². The Morgan fingerprint density at radius 3 is 2.93 bits per heavy atom. The maximum absolute atomic E-state index is 12.7. The molecule has 0 aliphatic carbocycles. The molecule has 1 aliphatic heterocycles. The normalized spacial score (nSPS) is 17.0. The van der Waals surface area contributed by atoms with Crippen LogP contribution in [-0.2, 0) is 4.79 Å². The number of amides is 1. The molecule has 0 spiro atoms. The minimum absolute atomic E-state index is 0.0259. The molecule has 7 nitrogen and oxygen atoms in total. The Bertz CT molecular complexity index is 893. The van der Waals surface area contributed by atoms with Gasteiger partial charge in [0.1, 0.15) is 0 Å². The van der Waals surface area contributed by atoms with Gasteiger partial charge in [0.25, 0.3) is 5.56 Å². The number of carbonyl (C=O) groups is 1. The first-order valence-electron chi connectivity index (χ1n) is 9.35. The topological polar surface area (TPSA) is 81.3 Å². The van der Waals surface area contributed by atoms with Crippen molar-refractivity contribution in [1.82, 2.24) is 19.8 Å². The summed E-state index contributed by atoms with van der Waals surface area (Å²) in [6.45, 7) is 6.91. The van der Waals surface area contributed by atoms with Crippen molar-refractivity contribution < 1.29 is 4.79 Å². The van der Waals surface area contributed by atoms with Gasteiger partial charge >= 0.3 is 0 Å². The fraction of sp³-hybridized carbons (Fsp3) is 0.474. The second-order valence-corrected chi connectivity index (χ2v) is 7.08. The average molecular weight is 388 g/mol. The van der Waals surface area contributed by atoms with Crippen LogP contribution in [-0.4, -0.2) is 57.0 Å². The number of piperidine rings is 1. The number of likely N-dealkylation sites (tertiary alicyclic amines) is 1. The van der Waals surface area contributed by atoms with Gasteiger partial charge in [0.05, 0.1) is 23.1 Å². The maximum Gasteiger partial charge on any atom is 0.258 e. The number of H-pyrrole nitrogens is 1. The third-order valence-electron chi connectivity index (χ3n) is 5.02. The lowest BCUT2D eigenvalue weighted by molar-refractivity contribution is -0.136.